The lowest BCUT2D eigenvalue weighted by molar-refractivity contribution is 0.417. The fraction of sp³-hybridized carbons (Fsp3) is 0.267. The minimum absolute atomic E-state index is 0.00557. The molecule has 0 aliphatic rings. The molecule has 0 radical (unpaired) electrons. The fourth-order valence-corrected chi connectivity index (χ4v) is 2.05. The monoisotopic (exact) mass is 310 g/mol. The number of hydrogen-bond donors (Lipinski definition) is 1. The molecule has 0 saturated carbocycles. The van der Waals surface area contributed by atoms with Crippen molar-refractivity contribution in [2.45, 2.75) is 18.2 Å². The lowest BCUT2D eigenvalue weighted by atomic mass is 10.3. The van der Waals surface area contributed by atoms with Crippen molar-refractivity contribution in [2.75, 3.05) is 18.1 Å². The predicted octanol–water partition coefficient (Wildman–Crippen LogP) is 4.70. The average Bonchev–Trinajstić information content (AvgIpc) is 2.49. The molecule has 0 atom stereocenters. The molecule has 1 aromatic carbocycles. The van der Waals surface area contributed by atoms with E-state index in [0.717, 1.165) is 17.4 Å². The molecule has 2 aromatic rings. The SMILES string of the molecule is CCCNc1nc(Oc2ccc(SC)cc2)c(F)cc1F. The molecule has 1 heterocycles. The van der Waals surface area contributed by atoms with Gasteiger partial charge in [0.1, 0.15) is 5.75 Å². The Kier molecular flexibility index (Phi) is 5.38. The van der Waals surface area contributed by atoms with Gasteiger partial charge in [0.05, 0.1) is 0 Å². The Morgan fingerprint density at radius 3 is 2.52 bits per heavy atom. The second kappa shape index (κ2) is 7.26. The largest absolute Gasteiger partial charge is 0.436 e. The predicted molar refractivity (Wildman–Crippen MR) is 81.2 cm³/mol. The normalized spacial score (nSPS) is 10.5. The van der Waals surface area contributed by atoms with Gasteiger partial charge in [-0.3, -0.25) is 0 Å². The third kappa shape index (κ3) is 4.07. The second-order valence-electron chi connectivity index (χ2n) is 4.31. The van der Waals surface area contributed by atoms with Crippen molar-refractivity contribution < 1.29 is 13.5 Å². The van der Waals surface area contributed by atoms with E-state index >= 15 is 0 Å². The zero-order valence-corrected chi connectivity index (χ0v) is 12.6. The van der Waals surface area contributed by atoms with Crippen LogP contribution >= 0.6 is 11.8 Å². The minimum Gasteiger partial charge on any atom is -0.436 e. The summed E-state index contributed by atoms with van der Waals surface area (Å²) in [5.41, 5.74) is 0. The number of nitrogens with zero attached hydrogens (tertiary/aromatic N) is 1. The van der Waals surface area contributed by atoms with Crippen LogP contribution in [0.5, 0.6) is 11.6 Å². The van der Waals surface area contributed by atoms with Crippen LogP contribution in [0.3, 0.4) is 0 Å². The van der Waals surface area contributed by atoms with Gasteiger partial charge in [-0.25, -0.2) is 8.78 Å². The van der Waals surface area contributed by atoms with Crippen LogP contribution in [0, 0.1) is 11.6 Å². The molecule has 112 valence electrons. The van der Waals surface area contributed by atoms with Crippen molar-refractivity contribution in [2.24, 2.45) is 0 Å². The lowest BCUT2D eigenvalue weighted by Crippen LogP contribution is -2.06. The van der Waals surface area contributed by atoms with Gasteiger partial charge < -0.3 is 10.1 Å². The smallest absolute Gasteiger partial charge is 0.258 e. The van der Waals surface area contributed by atoms with E-state index in [2.05, 4.69) is 10.3 Å². The zero-order chi connectivity index (χ0) is 15.2. The average molecular weight is 310 g/mol. The highest BCUT2D eigenvalue weighted by Gasteiger charge is 2.13. The first-order valence-electron chi connectivity index (χ1n) is 6.56. The molecule has 6 heteroatoms. The van der Waals surface area contributed by atoms with Gasteiger partial charge in [0.15, 0.2) is 17.5 Å². The molecule has 0 aliphatic carbocycles. The van der Waals surface area contributed by atoms with Crippen molar-refractivity contribution in [3.63, 3.8) is 0 Å². The van der Waals surface area contributed by atoms with E-state index in [9.17, 15) is 8.78 Å². The summed E-state index contributed by atoms with van der Waals surface area (Å²) in [5.74, 6) is -1.36. The van der Waals surface area contributed by atoms with Gasteiger partial charge in [0.2, 0.25) is 0 Å². The van der Waals surface area contributed by atoms with Crippen LogP contribution < -0.4 is 10.1 Å². The third-order valence-corrected chi connectivity index (χ3v) is 3.46. The summed E-state index contributed by atoms with van der Waals surface area (Å²) in [6.45, 7) is 2.50. The molecular formula is C15H16F2N2OS. The number of anilines is 1. The van der Waals surface area contributed by atoms with Gasteiger partial charge in [-0.2, -0.15) is 4.98 Å². The number of thioether (sulfide) groups is 1. The zero-order valence-electron chi connectivity index (χ0n) is 11.8. The summed E-state index contributed by atoms with van der Waals surface area (Å²) >= 11 is 1.60. The molecule has 1 aromatic heterocycles. The van der Waals surface area contributed by atoms with Crippen LogP contribution in [0.1, 0.15) is 13.3 Å². The highest BCUT2D eigenvalue weighted by atomic mass is 32.2. The van der Waals surface area contributed by atoms with Gasteiger partial charge >= 0.3 is 0 Å². The van der Waals surface area contributed by atoms with Gasteiger partial charge in [-0.15, -0.1) is 11.8 Å². The molecule has 0 aliphatic heterocycles. The second-order valence-corrected chi connectivity index (χ2v) is 5.19. The molecular weight excluding hydrogens is 294 g/mol. The number of aromatic nitrogens is 1. The van der Waals surface area contributed by atoms with Gasteiger partial charge in [0.25, 0.3) is 5.88 Å². The molecule has 0 bridgehead atoms. The Morgan fingerprint density at radius 2 is 1.90 bits per heavy atom. The number of ether oxygens (including phenoxy) is 1. The van der Waals surface area contributed by atoms with Crippen molar-refractivity contribution >= 4 is 17.6 Å². The Bertz CT molecular complexity index is 605. The Balaban J connectivity index is 2.21. The van der Waals surface area contributed by atoms with Crippen molar-refractivity contribution in [3.8, 4) is 11.6 Å². The number of nitrogens with one attached hydrogen (secondary N) is 1. The van der Waals surface area contributed by atoms with Crippen LogP contribution in [0.25, 0.3) is 0 Å². The first-order chi connectivity index (χ1) is 10.1. The van der Waals surface area contributed by atoms with Crippen molar-refractivity contribution in [3.05, 3.63) is 42.0 Å². The number of hydrogen-bond acceptors (Lipinski definition) is 4. The first-order valence-corrected chi connectivity index (χ1v) is 7.78. The third-order valence-electron chi connectivity index (χ3n) is 2.71. The van der Waals surface area contributed by atoms with E-state index in [1.165, 1.54) is 0 Å². The van der Waals surface area contributed by atoms with Crippen LogP contribution in [-0.4, -0.2) is 17.8 Å². The van der Waals surface area contributed by atoms with Gasteiger partial charge in [-0.05, 0) is 36.9 Å². The maximum atomic E-state index is 13.7. The van der Waals surface area contributed by atoms with Crippen LogP contribution in [0.15, 0.2) is 35.2 Å². The van der Waals surface area contributed by atoms with E-state index in [0.29, 0.717) is 12.3 Å². The summed E-state index contributed by atoms with van der Waals surface area (Å²) in [6, 6.07) is 7.93. The molecule has 0 spiro atoms. The highest BCUT2D eigenvalue weighted by molar-refractivity contribution is 7.98. The highest BCUT2D eigenvalue weighted by Crippen LogP contribution is 2.27. The Hall–Kier alpha value is -1.82. The molecule has 0 saturated heterocycles. The van der Waals surface area contributed by atoms with Crippen molar-refractivity contribution in [1.29, 1.82) is 0 Å². The Labute approximate surface area is 126 Å². The maximum absolute atomic E-state index is 13.7. The lowest BCUT2D eigenvalue weighted by Gasteiger charge is -2.10. The van der Waals surface area contributed by atoms with E-state index in [1.807, 2.05) is 25.3 Å². The summed E-state index contributed by atoms with van der Waals surface area (Å²) in [5, 5.41) is 2.80. The number of halogens is 2. The molecule has 1 N–H and O–H groups in total. The van der Waals surface area contributed by atoms with Crippen molar-refractivity contribution in [1.82, 2.24) is 4.98 Å². The summed E-state index contributed by atoms with van der Waals surface area (Å²) in [6.07, 6.45) is 2.77. The number of benzene rings is 1. The Morgan fingerprint density at radius 1 is 1.19 bits per heavy atom. The summed E-state index contributed by atoms with van der Waals surface area (Å²) < 4.78 is 32.7. The molecule has 0 fully saturated rings. The maximum Gasteiger partial charge on any atom is 0.258 e. The fourth-order valence-electron chi connectivity index (χ4n) is 1.64. The molecule has 2 rings (SSSR count). The van der Waals surface area contributed by atoms with Gasteiger partial charge in [-0.1, -0.05) is 6.92 Å². The van der Waals surface area contributed by atoms with Crippen LogP contribution in [0.2, 0.25) is 0 Å². The number of rotatable bonds is 6. The quantitative estimate of drug-likeness (QED) is 0.785. The van der Waals surface area contributed by atoms with E-state index in [1.54, 1.807) is 23.9 Å². The standard InChI is InChI=1S/C15H16F2N2OS/c1-3-8-18-14-12(16)9-13(17)15(19-14)20-10-4-6-11(21-2)7-5-10/h4-7,9H,3,8H2,1-2H3,(H,18,19). The van der Waals surface area contributed by atoms with E-state index < -0.39 is 11.6 Å². The summed E-state index contributed by atoms with van der Waals surface area (Å²) in [7, 11) is 0. The van der Waals surface area contributed by atoms with E-state index in [-0.39, 0.29) is 11.7 Å². The molecule has 0 amide bonds. The molecule has 21 heavy (non-hydrogen) atoms. The van der Waals surface area contributed by atoms with Crippen LogP contribution in [-0.2, 0) is 0 Å². The minimum atomic E-state index is -0.830. The number of pyridine rings is 1. The van der Waals surface area contributed by atoms with Crippen LogP contribution in [0.4, 0.5) is 14.6 Å². The van der Waals surface area contributed by atoms with E-state index in [4.69, 9.17) is 4.74 Å². The first kappa shape index (κ1) is 15.6. The van der Waals surface area contributed by atoms with Gasteiger partial charge in [0, 0.05) is 17.5 Å². The molecule has 0 unspecified atom stereocenters. The molecule has 3 nitrogen and oxygen atoms in total. The summed E-state index contributed by atoms with van der Waals surface area (Å²) in [4.78, 5) is 4.93. The topological polar surface area (TPSA) is 34.2 Å².